The Kier molecular flexibility index (Phi) is 2.97. The fraction of sp³-hybridized carbons (Fsp3) is 0.273. The molecule has 0 fully saturated rings. The molecule has 2 aromatic rings. The molecule has 0 amide bonds. The van der Waals surface area contributed by atoms with Crippen LogP contribution in [-0.2, 0) is 0 Å². The number of anilines is 1. The average Bonchev–Trinajstić information content (AvgIpc) is 2.65. The van der Waals surface area contributed by atoms with Crippen LogP contribution in [-0.4, -0.2) is 9.36 Å². The largest absolute Gasteiger partial charge is 0.354 e. The first kappa shape index (κ1) is 10.1. The Labute approximate surface area is 93.4 Å². The van der Waals surface area contributed by atoms with Gasteiger partial charge in [0.25, 0.3) is 0 Å². The highest BCUT2D eigenvalue weighted by atomic mass is 32.1. The topological polar surface area (TPSA) is 37.8 Å². The van der Waals surface area contributed by atoms with Crippen molar-refractivity contribution in [3.63, 3.8) is 0 Å². The summed E-state index contributed by atoms with van der Waals surface area (Å²) in [4.78, 5) is 4.27. The Morgan fingerprint density at radius 3 is 2.60 bits per heavy atom. The van der Waals surface area contributed by atoms with Crippen molar-refractivity contribution in [1.29, 1.82) is 0 Å². The summed E-state index contributed by atoms with van der Waals surface area (Å²) in [6, 6.07) is 10.6. The van der Waals surface area contributed by atoms with Gasteiger partial charge in [-0.3, -0.25) is 0 Å². The number of nitrogens with zero attached hydrogens (tertiary/aromatic N) is 2. The highest BCUT2D eigenvalue weighted by molar-refractivity contribution is 7.09. The third-order valence-electron chi connectivity index (χ3n) is 2.17. The minimum atomic E-state index is 0.263. The van der Waals surface area contributed by atoms with E-state index in [0.29, 0.717) is 0 Å². The summed E-state index contributed by atoms with van der Waals surface area (Å²) in [5, 5.41) is 4.20. The zero-order valence-corrected chi connectivity index (χ0v) is 9.58. The van der Waals surface area contributed by atoms with Crippen LogP contribution in [0.15, 0.2) is 30.3 Å². The number of aryl methyl sites for hydroxylation is 1. The van der Waals surface area contributed by atoms with Crippen molar-refractivity contribution < 1.29 is 0 Å². The van der Waals surface area contributed by atoms with Crippen molar-refractivity contribution in [2.75, 3.05) is 5.32 Å². The van der Waals surface area contributed by atoms with Crippen molar-refractivity contribution in [2.45, 2.75) is 19.9 Å². The van der Waals surface area contributed by atoms with E-state index in [4.69, 9.17) is 0 Å². The number of aromatic nitrogens is 2. The molecule has 0 spiro atoms. The molecule has 0 saturated carbocycles. The lowest BCUT2D eigenvalue weighted by molar-refractivity contribution is 0.880. The monoisotopic (exact) mass is 219 g/mol. The summed E-state index contributed by atoms with van der Waals surface area (Å²) in [5.74, 6) is 0.822. The lowest BCUT2D eigenvalue weighted by Gasteiger charge is -2.12. The Morgan fingerprint density at radius 2 is 2.00 bits per heavy atom. The average molecular weight is 219 g/mol. The van der Waals surface area contributed by atoms with Crippen LogP contribution in [0, 0.1) is 6.92 Å². The predicted molar refractivity (Wildman–Crippen MR) is 63.1 cm³/mol. The maximum atomic E-state index is 4.27. The van der Waals surface area contributed by atoms with E-state index in [1.165, 1.54) is 17.1 Å². The molecule has 2 rings (SSSR count). The summed E-state index contributed by atoms with van der Waals surface area (Å²) in [6.07, 6.45) is 0. The fourth-order valence-electron chi connectivity index (χ4n) is 1.37. The second-order valence-electron chi connectivity index (χ2n) is 3.42. The van der Waals surface area contributed by atoms with E-state index in [-0.39, 0.29) is 6.04 Å². The van der Waals surface area contributed by atoms with Crippen LogP contribution in [0.4, 0.5) is 5.13 Å². The lowest BCUT2D eigenvalue weighted by Crippen LogP contribution is -2.05. The maximum absolute atomic E-state index is 4.27. The predicted octanol–water partition coefficient (Wildman–Crippen LogP) is 3.02. The van der Waals surface area contributed by atoms with Gasteiger partial charge in [-0.25, -0.2) is 4.98 Å². The standard InChI is InChI=1S/C11H13N3S/c1-8(10-6-4-3-5-7-10)12-11-13-9(2)14-15-11/h3-8H,1-2H3,(H,12,13,14). The zero-order valence-electron chi connectivity index (χ0n) is 8.77. The smallest absolute Gasteiger partial charge is 0.203 e. The van der Waals surface area contributed by atoms with Crippen LogP contribution < -0.4 is 5.32 Å². The summed E-state index contributed by atoms with van der Waals surface area (Å²) in [5.41, 5.74) is 1.25. The first-order valence-electron chi connectivity index (χ1n) is 4.87. The van der Waals surface area contributed by atoms with Crippen molar-refractivity contribution in [2.24, 2.45) is 0 Å². The van der Waals surface area contributed by atoms with Gasteiger partial charge in [-0.2, -0.15) is 4.37 Å². The Bertz CT molecular complexity index is 424. The van der Waals surface area contributed by atoms with Gasteiger partial charge in [-0.05, 0) is 19.4 Å². The van der Waals surface area contributed by atoms with Gasteiger partial charge in [0.05, 0.1) is 6.04 Å². The van der Waals surface area contributed by atoms with E-state index in [0.717, 1.165) is 11.0 Å². The van der Waals surface area contributed by atoms with Gasteiger partial charge in [0, 0.05) is 11.5 Å². The van der Waals surface area contributed by atoms with Crippen molar-refractivity contribution in [3.05, 3.63) is 41.7 Å². The highest BCUT2D eigenvalue weighted by Crippen LogP contribution is 2.19. The van der Waals surface area contributed by atoms with Crippen LogP contribution in [0.5, 0.6) is 0 Å². The van der Waals surface area contributed by atoms with Gasteiger partial charge < -0.3 is 5.32 Å². The van der Waals surface area contributed by atoms with Crippen LogP contribution >= 0.6 is 11.5 Å². The van der Waals surface area contributed by atoms with Gasteiger partial charge in [0.2, 0.25) is 5.13 Å². The molecule has 1 aromatic heterocycles. The third kappa shape index (κ3) is 2.53. The zero-order chi connectivity index (χ0) is 10.7. The van der Waals surface area contributed by atoms with Gasteiger partial charge >= 0.3 is 0 Å². The van der Waals surface area contributed by atoms with Gasteiger partial charge in [-0.15, -0.1) is 0 Å². The molecular weight excluding hydrogens is 206 g/mol. The van der Waals surface area contributed by atoms with Crippen LogP contribution in [0.3, 0.4) is 0 Å². The van der Waals surface area contributed by atoms with Crippen molar-refractivity contribution >= 4 is 16.7 Å². The highest BCUT2D eigenvalue weighted by Gasteiger charge is 2.06. The first-order chi connectivity index (χ1) is 7.25. The second kappa shape index (κ2) is 4.40. The summed E-state index contributed by atoms with van der Waals surface area (Å²) >= 11 is 1.40. The molecule has 0 aliphatic heterocycles. The minimum absolute atomic E-state index is 0.263. The molecule has 78 valence electrons. The Morgan fingerprint density at radius 1 is 1.27 bits per heavy atom. The molecule has 0 bridgehead atoms. The van der Waals surface area contributed by atoms with E-state index in [1.807, 2.05) is 25.1 Å². The summed E-state index contributed by atoms with van der Waals surface area (Å²) in [7, 11) is 0. The molecule has 1 unspecified atom stereocenters. The van der Waals surface area contributed by atoms with E-state index in [2.05, 4.69) is 33.7 Å². The molecule has 0 aliphatic rings. The molecule has 1 atom stereocenters. The number of nitrogens with one attached hydrogen (secondary N) is 1. The number of hydrogen-bond acceptors (Lipinski definition) is 4. The minimum Gasteiger partial charge on any atom is -0.354 e. The van der Waals surface area contributed by atoms with Crippen LogP contribution in [0.1, 0.15) is 24.4 Å². The van der Waals surface area contributed by atoms with Crippen molar-refractivity contribution in [3.8, 4) is 0 Å². The molecule has 1 heterocycles. The summed E-state index contributed by atoms with van der Waals surface area (Å²) < 4.78 is 4.13. The summed E-state index contributed by atoms with van der Waals surface area (Å²) in [6.45, 7) is 4.01. The lowest BCUT2D eigenvalue weighted by atomic mass is 10.1. The number of rotatable bonds is 3. The number of benzene rings is 1. The van der Waals surface area contributed by atoms with E-state index in [9.17, 15) is 0 Å². The van der Waals surface area contributed by atoms with Gasteiger partial charge in [0.15, 0.2) is 0 Å². The van der Waals surface area contributed by atoms with Crippen LogP contribution in [0.2, 0.25) is 0 Å². The van der Waals surface area contributed by atoms with E-state index < -0.39 is 0 Å². The Hall–Kier alpha value is -1.42. The molecule has 15 heavy (non-hydrogen) atoms. The molecule has 0 aliphatic carbocycles. The molecule has 1 N–H and O–H groups in total. The van der Waals surface area contributed by atoms with Gasteiger partial charge in [-0.1, -0.05) is 30.3 Å². The molecule has 0 radical (unpaired) electrons. The first-order valence-corrected chi connectivity index (χ1v) is 5.65. The third-order valence-corrected chi connectivity index (χ3v) is 2.90. The maximum Gasteiger partial charge on any atom is 0.203 e. The normalized spacial score (nSPS) is 12.4. The second-order valence-corrected chi connectivity index (χ2v) is 4.18. The molecule has 0 saturated heterocycles. The van der Waals surface area contributed by atoms with Crippen LogP contribution in [0.25, 0.3) is 0 Å². The number of hydrogen-bond donors (Lipinski definition) is 1. The quantitative estimate of drug-likeness (QED) is 0.862. The molecular formula is C11H13N3S. The van der Waals surface area contributed by atoms with E-state index >= 15 is 0 Å². The molecule has 4 heteroatoms. The Balaban J connectivity index is 2.07. The molecule has 3 nitrogen and oxygen atoms in total. The fourth-order valence-corrected chi connectivity index (χ4v) is 2.03. The molecule has 1 aromatic carbocycles. The van der Waals surface area contributed by atoms with E-state index in [1.54, 1.807) is 0 Å². The SMILES string of the molecule is Cc1nsc(NC(C)c2ccccc2)n1. The van der Waals surface area contributed by atoms with Crippen molar-refractivity contribution in [1.82, 2.24) is 9.36 Å². The van der Waals surface area contributed by atoms with Gasteiger partial charge in [0.1, 0.15) is 5.82 Å².